The third-order valence-corrected chi connectivity index (χ3v) is 4.25. The predicted molar refractivity (Wildman–Crippen MR) is 79.6 cm³/mol. The van der Waals surface area contributed by atoms with E-state index in [4.69, 9.17) is 4.74 Å². The zero-order valence-corrected chi connectivity index (χ0v) is 12.1. The second kappa shape index (κ2) is 5.15. The van der Waals surface area contributed by atoms with E-state index in [-0.39, 0.29) is 0 Å². The van der Waals surface area contributed by atoms with Crippen LogP contribution in [0.2, 0.25) is 0 Å². The van der Waals surface area contributed by atoms with Gasteiger partial charge in [-0.3, -0.25) is 4.98 Å². The smallest absolute Gasteiger partial charge is 0.108 e. The van der Waals surface area contributed by atoms with Gasteiger partial charge in [0.2, 0.25) is 0 Å². The molecular formula is C17H21NO2. The van der Waals surface area contributed by atoms with Crippen LogP contribution in [0.1, 0.15) is 43.5 Å². The second-order valence-electron chi connectivity index (χ2n) is 5.93. The lowest BCUT2D eigenvalue weighted by Crippen LogP contribution is -2.39. The van der Waals surface area contributed by atoms with Gasteiger partial charge in [-0.05, 0) is 56.9 Å². The van der Waals surface area contributed by atoms with E-state index in [0.29, 0.717) is 0 Å². The molecule has 1 aromatic carbocycles. The fourth-order valence-electron chi connectivity index (χ4n) is 2.94. The van der Waals surface area contributed by atoms with E-state index in [1.807, 2.05) is 38.1 Å². The summed E-state index contributed by atoms with van der Waals surface area (Å²) in [7, 11) is 0. The number of fused-ring (bicyclic) bond motifs is 1. The minimum atomic E-state index is -0.589. The first-order valence-corrected chi connectivity index (χ1v) is 7.28. The Hall–Kier alpha value is -1.45. The molecule has 1 fully saturated rings. The molecular weight excluding hydrogens is 250 g/mol. The minimum absolute atomic E-state index is 0.468. The third-order valence-electron chi connectivity index (χ3n) is 4.25. The van der Waals surface area contributed by atoms with Crippen LogP contribution < -0.4 is 0 Å². The average molecular weight is 271 g/mol. The highest BCUT2D eigenvalue weighted by Crippen LogP contribution is 2.37. The van der Waals surface area contributed by atoms with Gasteiger partial charge in [0.25, 0.3) is 0 Å². The van der Waals surface area contributed by atoms with Crippen molar-refractivity contribution in [1.29, 1.82) is 0 Å². The van der Waals surface area contributed by atoms with E-state index in [0.717, 1.165) is 48.0 Å². The fourth-order valence-corrected chi connectivity index (χ4v) is 2.94. The van der Waals surface area contributed by atoms with Crippen molar-refractivity contribution in [3.8, 4) is 0 Å². The number of aliphatic hydroxyl groups is 1. The molecule has 2 atom stereocenters. The van der Waals surface area contributed by atoms with Gasteiger partial charge >= 0.3 is 0 Å². The van der Waals surface area contributed by atoms with Crippen LogP contribution in [0.25, 0.3) is 10.9 Å². The van der Waals surface area contributed by atoms with E-state index in [2.05, 4.69) is 11.1 Å². The number of aliphatic hydroxyl groups excluding tert-OH is 1. The molecule has 1 N–H and O–H groups in total. The van der Waals surface area contributed by atoms with E-state index in [1.165, 1.54) is 0 Å². The maximum atomic E-state index is 10.7. The SMILES string of the molecule is Cc1ccc2cc(C(O)C3(C)CCCCO3)ccc2n1. The van der Waals surface area contributed by atoms with E-state index in [1.54, 1.807) is 0 Å². The number of ether oxygens (including phenoxy) is 1. The summed E-state index contributed by atoms with van der Waals surface area (Å²) in [5.74, 6) is 0. The molecule has 0 bridgehead atoms. The van der Waals surface area contributed by atoms with Crippen LogP contribution in [-0.4, -0.2) is 22.3 Å². The van der Waals surface area contributed by atoms with Crippen LogP contribution in [0.3, 0.4) is 0 Å². The van der Waals surface area contributed by atoms with Gasteiger partial charge in [-0.1, -0.05) is 12.1 Å². The Morgan fingerprint density at radius 3 is 2.85 bits per heavy atom. The lowest BCUT2D eigenvalue weighted by atomic mass is 9.86. The molecule has 0 aliphatic carbocycles. The van der Waals surface area contributed by atoms with Crippen molar-refractivity contribution in [3.63, 3.8) is 0 Å². The maximum absolute atomic E-state index is 10.7. The highest BCUT2D eigenvalue weighted by Gasteiger charge is 2.36. The number of aromatic nitrogens is 1. The van der Waals surface area contributed by atoms with Gasteiger partial charge in [-0.15, -0.1) is 0 Å². The monoisotopic (exact) mass is 271 g/mol. The molecule has 2 heterocycles. The Balaban J connectivity index is 1.95. The number of hydrogen-bond donors (Lipinski definition) is 1. The fraction of sp³-hybridized carbons (Fsp3) is 0.471. The average Bonchev–Trinajstić information content (AvgIpc) is 2.46. The van der Waals surface area contributed by atoms with Crippen LogP contribution >= 0.6 is 0 Å². The number of benzene rings is 1. The van der Waals surface area contributed by atoms with Crippen LogP contribution in [0, 0.1) is 6.92 Å². The predicted octanol–water partition coefficient (Wildman–Crippen LogP) is 3.54. The van der Waals surface area contributed by atoms with Crippen molar-refractivity contribution < 1.29 is 9.84 Å². The van der Waals surface area contributed by atoms with Crippen molar-refractivity contribution in [2.75, 3.05) is 6.61 Å². The van der Waals surface area contributed by atoms with Crippen molar-refractivity contribution >= 4 is 10.9 Å². The lowest BCUT2D eigenvalue weighted by Gasteiger charge is -2.38. The topological polar surface area (TPSA) is 42.4 Å². The molecule has 1 aliphatic heterocycles. The van der Waals surface area contributed by atoms with Gasteiger partial charge in [-0.2, -0.15) is 0 Å². The van der Waals surface area contributed by atoms with Crippen molar-refractivity contribution in [1.82, 2.24) is 4.98 Å². The van der Waals surface area contributed by atoms with Gasteiger partial charge in [0.05, 0.1) is 11.1 Å². The van der Waals surface area contributed by atoms with Gasteiger partial charge in [0.1, 0.15) is 6.10 Å². The zero-order chi connectivity index (χ0) is 14.2. The Kier molecular flexibility index (Phi) is 3.48. The molecule has 20 heavy (non-hydrogen) atoms. The second-order valence-corrected chi connectivity index (χ2v) is 5.93. The molecule has 106 valence electrons. The molecule has 0 spiro atoms. The summed E-state index contributed by atoms with van der Waals surface area (Å²) in [4.78, 5) is 4.49. The zero-order valence-electron chi connectivity index (χ0n) is 12.1. The quantitative estimate of drug-likeness (QED) is 0.908. The number of hydrogen-bond acceptors (Lipinski definition) is 3. The molecule has 0 amide bonds. The number of aryl methyl sites for hydroxylation is 1. The van der Waals surface area contributed by atoms with Gasteiger partial charge in [-0.25, -0.2) is 0 Å². The van der Waals surface area contributed by atoms with Crippen LogP contribution in [0.4, 0.5) is 0 Å². The molecule has 1 aliphatic rings. The standard InChI is InChI=1S/C17H21NO2/c1-12-5-6-13-11-14(7-8-15(13)18-12)16(19)17(2)9-3-4-10-20-17/h5-8,11,16,19H,3-4,9-10H2,1-2H3. The molecule has 0 radical (unpaired) electrons. The molecule has 3 heteroatoms. The van der Waals surface area contributed by atoms with E-state index < -0.39 is 11.7 Å². The molecule has 1 saturated heterocycles. The minimum Gasteiger partial charge on any atom is -0.385 e. The molecule has 3 nitrogen and oxygen atoms in total. The van der Waals surface area contributed by atoms with Gasteiger partial charge in [0, 0.05) is 17.7 Å². The van der Waals surface area contributed by atoms with E-state index in [9.17, 15) is 5.11 Å². The number of rotatable bonds is 2. The van der Waals surface area contributed by atoms with Crippen molar-refractivity contribution in [2.45, 2.75) is 44.8 Å². The summed E-state index contributed by atoms with van der Waals surface area (Å²) in [6.07, 6.45) is 2.51. The molecule has 3 rings (SSSR count). The Labute approximate surface area is 119 Å². The van der Waals surface area contributed by atoms with Crippen molar-refractivity contribution in [3.05, 3.63) is 41.6 Å². The lowest BCUT2D eigenvalue weighted by molar-refractivity contribution is -0.138. The summed E-state index contributed by atoms with van der Waals surface area (Å²) in [5.41, 5.74) is 2.42. The highest BCUT2D eigenvalue weighted by atomic mass is 16.5. The summed E-state index contributed by atoms with van der Waals surface area (Å²) in [5, 5.41) is 11.7. The Morgan fingerprint density at radius 1 is 1.25 bits per heavy atom. The largest absolute Gasteiger partial charge is 0.385 e. The molecule has 1 aromatic heterocycles. The van der Waals surface area contributed by atoms with Gasteiger partial charge < -0.3 is 9.84 Å². The molecule has 2 aromatic rings. The highest BCUT2D eigenvalue weighted by molar-refractivity contribution is 5.79. The first-order chi connectivity index (χ1) is 9.58. The summed E-state index contributed by atoms with van der Waals surface area (Å²) >= 11 is 0. The summed E-state index contributed by atoms with van der Waals surface area (Å²) in [6, 6.07) is 10.0. The van der Waals surface area contributed by atoms with Crippen LogP contribution in [0.15, 0.2) is 30.3 Å². The third kappa shape index (κ3) is 2.43. The molecule has 0 saturated carbocycles. The van der Waals surface area contributed by atoms with E-state index >= 15 is 0 Å². The maximum Gasteiger partial charge on any atom is 0.108 e. The molecule has 2 unspecified atom stereocenters. The Morgan fingerprint density at radius 2 is 2.10 bits per heavy atom. The van der Waals surface area contributed by atoms with Gasteiger partial charge in [0.15, 0.2) is 0 Å². The first kappa shape index (κ1) is 13.5. The first-order valence-electron chi connectivity index (χ1n) is 7.28. The van der Waals surface area contributed by atoms with Crippen LogP contribution in [-0.2, 0) is 4.74 Å². The normalized spacial score (nSPS) is 24.8. The van der Waals surface area contributed by atoms with Crippen LogP contribution in [0.5, 0.6) is 0 Å². The Bertz CT molecular complexity index is 617. The summed E-state index contributed by atoms with van der Waals surface area (Å²) in [6.45, 7) is 4.73. The summed E-state index contributed by atoms with van der Waals surface area (Å²) < 4.78 is 5.85. The number of pyridine rings is 1. The number of nitrogens with zero attached hydrogens (tertiary/aromatic N) is 1. The van der Waals surface area contributed by atoms with Crippen molar-refractivity contribution in [2.24, 2.45) is 0 Å².